The van der Waals surface area contributed by atoms with E-state index in [1.165, 1.54) is 23.5 Å². The lowest BCUT2D eigenvalue weighted by atomic mass is 10.2. The Morgan fingerprint density at radius 2 is 2.21 bits per heavy atom. The molecule has 0 spiro atoms. The van der Waals surface area contributed by atoms with Gasteiger partial charge in [-0.25, -0.2) is 9.37 Å². The molecule has 3 nitrogen and oxygen atoms in total. The number of hydrogen-bond donors (Lipinski definition) is 0. The number of aromatic nitrogens is 1. The molecule has 0 aliphatic heterocycles. The van der Waals surface area contributed by atoms with Gasteiger partial charge in [0, 0.05) is 17.6 Å². The van der Waals surface area contributed by atoms with Gasteiger partial charge >= 0.3 is 0 Å². The molecule has 1 fully saturated rings. The van der Waals surface area contributed by atoms with Gasteiger partial charge in [0.1, 0.15) is 10.8 Å². The first-order chi connectivity index (χ1) is 9.25. The second kappa shape index (κ2) is 5.09. The Bertz CT molecular complexity index is 581. The molecule has 3 rings (SSSR count). The average Bonchev–Trinajstić information content (AvgIpc) is 3.13. The summed E-state index contributed by atoms with van der Waals surface area (Å²) in [5, 5.41) is 2.77. The van der Waals surface area contributed by atoms with E-state index in [9.17, 15) is 9.18 Å². The number of amides is 1. The van der Waals surface area contributed by atoms with Crippen LogP contribution in [0.2, 0.25) is 0 Å². The van der Waals surface area contributed by atoms with Crippen molar-refractivity contribution in [2.24, 2.45) is 0 Å². The summed E-state index contributed by atoms with van der Waals surface area (Å²) < 4.78 is 13.7. The average molecular weight is 276 g/mol. The highest BCUT2D eigenvalue weighted by Gasteiger charge is 2.34. The van der Waals surface area contributed by atoms with Crippen molar-refractivity contribution in [2.45, 2.75) is 25.4 Å². The molecule has 0 bridgehead atoms. The van der Waals surface area contributed by atoms with Crippen LogP contribution in [0.25, 0.3) is 0 Å². The molecule has 1 heterocycles. The topological polar surface area (TPSA) is 33.2 Å². The van der Waals surface area contributed by atoms with Crippen LogP contribution in [-0.4, -0.2) is 21.8 Å². The zero-order valence-electron chi connectivity index (χ0n) is 10.3. The quantitative estimate of drug-likeness (QED) is 0.859. The van der Waals surface area contributed by atoms with Gasteiger partial charge in [0.25, 0.3) is 5.91 Å². The van der Waals surface area contributed by atoms with Crippen LogP contribution in [0.4, 0.5) is 4.39 Å². The minimum absolute atomic E-state index is 0.144. The number of benzene rings is 1. The number of nitrogens with zero attached hydrogens (tertiary/aromatic N) is 2. The fourth-order valence-corrected chi connectivity index (χ4v) is 2.63. The van der Waals surface area contributed by atoms with Gasteiger partial charge in [-0.2, -0.15) is 0 Å². The van der Waals surface area contributed by atoms with Gasteiger partial charge in [-0.3, -0.25) is 4.79 Å². The van der Waals surface area contributed by atoms with E-state index in [-0.39, 0.29) is 17.5 Å². The van der Waals surface area contributed by atoms with E-state index in [4.69, 9.17) is 0 Å². The monoisotopic (exact) mass is 276 g/mol. The summed E-state index contributed by atoms with van der Waals surface area (Å²) in [6.07, 6.45) is 3.70. The Hall–Kier alpha value is -1.75. The summed E-state index contributed by atoms with van der Waals surface area (Å²) in [6, 6.07) is 6.37. The van der Waals surface area contributed by atoms with E-state index < -0.39 is 5.82 Å². The summed E-state index contributed by atoms with van der Waals surface area (Å²) in [4.78, 5) is 18.4. The molecule has 0 N–H and O–H groups in total. The Morgan fingerprint density at radius 3 is 2.84 bits per heavy atom. The molecule has 98 valence electrons. The van der Waals surface area contributed by atoms with Gasteiger partial charge in [0.05, 0.1) is 12.1 Å². The number of halogens is 1. The van der Waals surface area contributed by atoms with E-state index in [0.29, 0.717) is 6.54 Å². The number of carbonyl (C=O) groups excluding carboxylic acids is 1. The Balaban J connectivity index is 1.84. The first-order valence-corrected chi connectivity index (χ1v) is 7.07. The lowest BCUT2D eigenvalue weighted by molar-refractivity contribution is 0.0725. The minimum Gasteiger partial charge on any atom is -0.329 e. The van der Waals surface area contributed by atoms with Crippen LogP contribution in [0.5, 0.6) is 0 Å². The molecule has 0 atom stereocenters. The second-order valence-corrected chi connectivity index (χ2v) is 5.55. The summed E-state index contributed by atoms with van der Waals surface area (Å²) in [5.74, 6) is -0.701. The predicted octanol–water partition coefficient (Wildman–Crippen LogP) is 3.09. The highest BCUT2D eigenvalue weighted by atomic mass is 32.1. The smallest absolute Gasteiger partial charge is 0.257 e. The van der Waals surface area contributed by atoms with Gasteiger partial charge in [-0.05, 0) is 25.0 Å². The van der Waals surface area contributed by atoms with Gasteiger partial charge in [0.2, 0.25) is 0 Å². The van der Waals surface area contributed by atoms with Crippen LogP contribution in [0.15, 0.2) is 35.8 Å². The molecule has 1 aliphatic carbocycles. The lowest BCUT2D eigenvalue weighted by Crippen LogP contribution is -2.33. The van der Waals surface area contributed by atoms with Gasteiger partial charge in [0.15, 0.2) is 0 Å². The van der Waals surface area contributed by atoms with Crippen LogP contribution in [-0.2, 0) is 6.54 Å². The molecule has 1 amide bonds. The Labute approximate surface area is 114 Å². The summed E-state index contributed by atoms with van der Waals surface area (Å²) in [6.45, 7) is 0.468. The van der Waals surface area contributed by atoms with Crippen molar-refractivity contribution in [3.63, 3.8) is 0 Å². The third-order valence-electron chi connectivity index (χ3n) is 3.14. The maximum atomic E-state index is 13.7. The van der Waals surface area contributed by atoms with Crippen LogP contribution in [0.1, 0.15) is 28.2 Å². The summed E-state index contributed by atoms with van der Waals surface area (Å²) in [5.41, 5.74) is 0.144. The Morgan fingerprint density at radius 1 is 1.42 bits per heavy atom. The normalized spacial score (nSPS) is 14.4. The minimum atomic E-state index is -0.461. The second-order valence-electron chi connectivity index (χ2n) is 4.57. The lowest BCUT2D eigenvalue weighted by Gasteiger charge is -2.21. The highest BCUT2D eigenvalue weighted by Crippen LogP contribution is 2.30. The third kappa shape index (κ3) is 2.66. The third-order valence-corrected chi connectivity index (χ3v) is 3.91. The molecule has 0 unspecified atom stereocenters. The molecule has 1 aromatic heterocycles. The Kier molecular flexibility index (Phi) is 3.29. The van der Waals surface area contributed by atoms with Gasteiger partial charge in [-0.1, -0.05) is 12.1 Å². The van der Waals surface area contributed by atoms with Gasteiger partial charge in [-0.15, -0.1) is 11.3 Å². The first kappa shape index (κ1) is 12.3. The van der Waals surface area contributed by atoms with Crippen molar-refractivity contribution in [1.82, 2.24) is 9.88 Å². The largest absolute Gasteiger partial charge is 0.329 e. The number of hydrogen-bond acceptors (Lipinski definition) is 3. The molecule has 19 heavy (non-hydrogen) atoms. The van der Waals surface area contributed by atoms with E-state index in [1.807, 2.05) is 5.38 Å². The number of rotatable bonds is 4. The number of carbonyl (C=O) groups is 1. The van der Waals surface area contributed by atoms with Crippen molar-refractivity contribution >= 4 is 17.2 Å². The van der Waals surface area contributed by atoms with Crippen molar-refractivity contribution in [1.29, 1.82) is 0 Å². The molecule has 1 saturated carbocycles. The van der Waals surface area contributed by atoms with Crippen LogP contribution in [0, 0.1) is 5.82 Å². The molecule has 0 radical (unpaired) electrons. The van der Waals surface area contributed by atoms with E-state index in [1.54, 1.807) is 23.2 Å². The van der Waals surface area contributed by atoms with Crippen LogP contribution in [0.3, 0.4) is 0 Å². The highest BCUT2D eigenvalue weighted by molar-refractivity contribution is 7.09. The van der Waals surface area contributed by atoms with Crippen molar-refractivity contribution in [2.75, 3.05) is 0 Å². The standard InChI is InChI=1S/C14H13FN2OS/c15-12-4-2-1-3-11(12)14(18)17(10-5-6-10)9-13-16-7-8-19-13/h1-4,7-8,10H,5-6,9H2. The maximum Gasteiger partial charge on any atom is 0.257 e. The van der Waals surface area contributed by atoms with E-state index in [2.05, 4.69) is 4.98 Å². The number of thiazole rings is 1. The first-order valence-electron chi connectivity index (χ1n) is 6.19. The zero-order valence-corrected chi connectivity index (χ0v) is 11.1. The fourth-order valence-electron chi connectivity index (χ4n) is 2.02. The van der Waals surface area contributed by atoms with Crippen molar-refractivity contribution < 1.29 is 9.18 Å². The molecule has 1 aromatic carbocycles. The molecule has 1 aliphatic rings. The van der Waals surface area contributed by atoms with Crippen molar-refractivity contribution in [3.8, 4) is 0 Å². The molecule has 0 saturated heterocycles. The summed E-state index contributed by atoms with van der Waals surface area (Å²) in [7, 11) is 0. The van der Waals surface area contributed by atoms with Crippen LogP contribution >= 0.6 is 11.3 Å². The van der Waals surface area contributed by atoms with Crippen LogP contribution < -0.4 is 0 Å². The molecular weight excluding hydrogens is 263 g/mol. The van der Waals surface area contributed by atoms with Gasteiger partial charge < -0.3 is 4.90 Å². The summed E-state index contributed by atoms with van der Waals surface area (Å²) >= 11 is 1.51. The predicted molar refractivity (Wildman–Crippen MR) is 71.4 cm³/mol. The fraction of sp³-hybridized carbons (Fsp3) is 0.286. The molecule has 2 aromatic rings. The SMILES string of the molecule is O=C(c1ccccc1F)N(Cc1nccs1)C1CC1. The van der Waals surface area contributed by atoms with E-state index in [0.717, 1.165) is 17.8 Å². The molecular formula is C14H13FN2OS. The maximum absolute atomic E-state index is 13.7. The zero-order chi connectivity index (χ0) is 13.2. The van der Waals surface area contributed by atoms with E-state index >= 15 is 0 Å². The van der Waals surface area contributed by atoms with Crippen molar-refractivity contribution in [3.05, 3.63) is 52.2 Å². The molecule has 5 heteroatoms.